The zero-order chi connectivity index (χ0) is 23.4. The molecule has 3 N–H and O–H groups in total. The molecule has 0 atom stereocenters. The third kappa shape index (κ3) is 5.30. The van der Waals surface area contributed by atoms with Crippen molar-refractivity contribution in [2.45, 2.75) is 10.9 Å². The van der Waals surface area contributed by atoms with E-state index in [4.69, 9.17) is 11.6 Å². The van der Waals surface area contributed by atoms with Crippen LogP contribution < -0.4 is 5.43 Å². The van der Waals surface area contributed by atoms with Crippen LogP contribution in [0.15, 0.2) is 70.9 Å². The number of thioether (sulfide) groups is 1. The number of phenols is 1. The first-order valence-corrected chi connectivity index (χ1v) is 10.9. The van der Waals surface area contributed by atoms with Crippen LogP contribution in [0.4, 0.5) is 5.69 Å². The van der Waals surface area contributed by atoms with Crippen LogP contribution >= 0.6 is 23.4 Å². The minimum atomic E-state index is -0.759. The minimum Gasteiger partial charge on any atom is -0.502 e. The van der Waals surface area contributed by atoms with Gasteiger partial charge in [-0.1, -0.05) is 47.6 Å². The van der Waals surface area contributed by atoms with Crippen molar-refractivity contribution in [1.82, 2.24) is 15.4 Å². The van der Waals surface area contributed by atoms with Gasteiger partial charge in [-0.2, -0.15) is 5.10 Å². The Labute approximate surface area is 196 Å². The highest BCUT2D eigenvalue weighted by molar-refractivity contribution is 7.98. The number of rotatable bonds is 7. The monoisotopic (exact) mass is 481 g/mol. The highest BCUT2D eigenvalue weighted by Gasteiger charge is 2.17. The van der Waals surface area contributed by atoms with Gasteiger partial charge >= 0.3 is 5.69 Å². The molecule has 9 nitrogen and oxygen atoms in total. The lowest BCUT2D eigenvalue weighted by atomic mass is 10.1. The van der Waals surface area contributed by atoms with Crippen molar-refractivity contribution in [3.63, 3.8) is 0 Å². The van der Waals surface area contributed by atoms with E-state index >= 15 is 0 Å². The lowest BCUT2D eigenvalue weighted by molar-refractivity contribution is -0.385. The van der Waals surface area contributed by atoms with E-state index in [0.717, 1.165) is 34.0 Å². The fraction of sp³-hybridized carbons (Fsp3) is 0.0455. The molecular weight excluding hydrogens is 466 g/mol. The Balaban J connectivity index is 1.36. The third-order valence-electron chi connectivity index (χ3n) is 4.61. The highest BCUT2D eigenvalue weighted by atomic mass is 35.5. The molecule has 0 fully saturated rings. The summed E-state index contributed by atoms with van der Waals surface area (Å²) in [6, 6.07) is 17.1. The van der Waals surface area contributed by atoms with Crippen molar-refractivity contribution in [1.29, 1.82) is 0 Å². The SMILES string of the molecule is O=C(N/N=C/c1cc(Cl)cc([N+](=O)[O-])c1O)c1ccc(CSc2nc3ccccc3[nH]2)cc1. The third-order valence-corrected chi connectivity index (χ3v) is 5.77. The molecular formula is C22H16ClN5O4S. The molecule has 0 unspecified atom stereocenters. The van der Waals surface area contributed by atoms with Crippen molar-refractivity contribution in [2.24, 2.45) is 5.10 Å². The number of nitrogens with zero attached hydrogens (tertiary/aromatic N) is 3. The number of hydrazone groups is 1. The van der Waals surface area contributed by atoms with E-state index in [9.17, 15) is 20.0 Å². The summed E-state index contributed by atoms with van der Waals surface area (Å²) in [5.74, 6) is -0.389. The average Bonchev–Trinajstić information content (AvgIpc) is 3.23. The van der Waals surface area contributed by atoms with E-state index in [1.54, 1.807) is 23.9 Å². The van der Waals surface area contributed by atoms with Crippen LogP contribution in [0.3, 0.4) is 0 Å². The van der Waals surface area contributed by atoms with Gasteiger partial charge in [-0.05, 0) is 35.9 Å². The van der Waals surface area contributed by atoms with Crippen LogP contribution in [0.5, 0.6) is 5.75 Å². The molecule has 0 aliphatic carbocycles. The number of benzene rings is 3. The summed E-state index contributed by atoms with van der Waals surface area (Å²) >= 11 is 7.39. The summed E-state index contributed by atoms with van der Waals surface area (Å²) in [6.45, 7) is 0. The fourth-order valence-corrected chi connectivity index (χ4v) is 4.03. The Morgan fingerprint density at radius 2 is 2.00 bits per heavy atom. The van der Waals surface area contributed by atoms with E-state index < -0.39 is 22.3 Å². The van der Waals surface area contributed by atoms with E-state index in [0.29, 0.717) is 11.3 Å². The summed E-state index contributed by atoms with van der Waals surface area (Å²) < 4.78 is 0. The molecule has 0 aliphatic heterocycles. The van der Waals surface area contributed by atoms with Gasteiger partial charge in [0, 0.05) is 28.0 Å². The number of nitrogens with one attached hydrogen (secondary N) is 2. The van der Waals surface area contributed by atoms with Crippen molar-refractivity contribution < 1.29 is 14.8 Å². The Hall–Kier alpha value is -3.89. The number of nitro groups is 1. The molecule has 166 valence electrons. The van der Waals surface area contributed by atoms with E-state index in [2.05, 4.69) is 20.5 Å². The van der Waals surface area contributed by atoms with Crippen molar-refractivity contribution >= 4 is 52.2 Å². The number of para-hydroxylation sites is 2. The molecule has 0 saturated heterocycles. The standard InChI is InChI=1S/C22H16ClN5O4S/c23-16-9-15(20(29)19(10-16)28(31)32)11-24-27-21(30)14-7-5-13(6-8-14)12-33-22-25-17-3-1-2-4-18(17)26-22/h1-11,29H,12H2,(H,25,26)(H,27,30)/b24-11+. The molecule has 0 spiro atoms. The molecule has 1 heterocycles. The molecule has 1 aromatic heterocycles. The van der Waals surface area contributed by atoms with Gasteiger partial charge in [0.15, 0.2) is 5.16 Å². The van der Waals surface area contributed by atoms with Gasteiger partial charge in [-0.25, -0.2) is 10.4 Å². The van der Waals surface area contributed by atoms with Crippen LogP contribution in [0, 0.1) is 10.1 Å². The molecule has 3 aromatic carbocycles. The zero-order valence-electron chi connectivity index (χ0n) is 16.9. The lowest BCUT2D eigenvalue weighted by Crippen LogP contribution is -2.17. The van der Waals surface area contributed by atoms with Gasteiger partial charge < -0.3 is 10.1 Å². The number of carbonyl (C=O) groups is 1. The maximum Gasteiger partial charge on any atom is 0.312 e. The number of phenolic OH excluding ortho intramolecular Hbond substituents is 1. The van der Waals surface area contributed by atoms with Crippen LogP contribution in [-0.2, 0) is 5.75 Å². The first-order valence-electron chi connectivity index (χ1n) is 9.57. The van der Waals surface area contributed by atoms with Gasteiger partial charge in [-0.3, -0.25) is 14.9 Å². The largest absolute Gasteiger partial charge is 0.502 e. The minimum absolute atomic E-state index is 0.00691. The van der Waals surface area contributed by atoms with Gasteiger partial charge in [0.1, 0.15) is 0 Å². The number of nitro benzene ring substituents is 1. The molecule has 0 radical (unpaired) electrons. The number of imidazole rings is 1. The number of H-pyrrole nitrogens is 1. The topological polar surface area (TPSA) is 134 Å². The number of halogens is 1. The Bertz CT molecular complexity index is 1340. The summed E-state index contributed by atoms with van der Waals surface area (Å²) in [7, 11) is 0. The van der Waals surface area contributed by atoms with E-state index in [-0.39, 0.29) is 10.6 Å². The first kappa shape index (κ1) is 22.3. The fourth-order valence-electron chi connectivity index (χ4n) is 2.97. The number of aromatic hydroxyl groups is 1. The predicted octanol–water partition coefficient (Wildman–Crippen LogP) is 4.89. The second-order valence-electron chi connectivity index (χ2n) is 6.86. The number of aromatic nitrogens is 2. The molecule has 1 amide bonds. The predicted molar refractivity (Wildman–Crippen MR) is 127 cm³/mol. The first-order chi connectivity index (χ1) is 15.9. The number of hydrogen-bond acceptors (Lipinski definition) is 7. The summed E-state index contributed by atoms with van der Waals surface area (Å²) in [5, 5.41) is 25.5. The molecule has 4 rings (SSSR count). The number of hydrogen-bond donors (Lipinski definition) is 3. The van der Waals surface area contributed by atoms with Crippen LogP contribution in [0.2, 0.25) is 5.02 Å². The maximum absolute atomic E-state index is 12.3. The second kappa shape index (κ2) is 9.72. The van der Waals surface area contributed by atoms with Gasteiger partial charge in [-0.15, -0.1) is 0 Å². The van der Waals surface area contributed by atoms with Crippen molar-refractivity contribution in [2.75, 3.05) is 0 Å². The van der Waals surface area contributed by atoms with Gasteiger partial charge in [0.05, 0.1) is 22.2 Å². The number of aromatic amines is 1. The normalized spacial score (nSPS) is 11.2. The molecule has 0 aliphatic rings. The summed E-state index contributed by atoms with van der Waals surface area (Å²) in [6.07, 6.45) is 1.09. The number of fused-ring (bicyclic) bond motifs is 1. The lowest BCUT2D eigenvalue weighted by Gasteiger charge is -2.04. The van der Waals surface area contributed by atoms with Gasteiger partial charge in [0.25, 0.3) is 5.91 Å². The smallest absolute Gasteiger partial charge is 0.312 e. The molecule has 33 heavy (non-hydrogen) atoms. The highest BCUT2D eigenvalue weighted by Crippen LogP contribution is 2.32. The number of amides is 1. The second-order valence-corrected chi connectivity index (χ2v) is 8.26. The van der Waals surface area contributed by atoms with Crippen LogP contribution in [0.1, 0.15) is 21.5 Å². The quantitative estimate of drug-likeness (QED) is 0.149. The molecule has 0 bridgehead atoms. The van der Waals surface area contributed by atoms with E-state index in [1.807, 2.05) is 36.4 Å². The van der Waals surface area contributed by atoms with Crippen molar-refractivity contribution in [3.8, 4) is 5.75 Å². The Morgan fingerprint density at radius 1 is 1.24 bits per heavy atom. The molecule has 4 aromatic rings. The zero-order valence-corrected chi connectivity index (χ0v) is 18.4. The van der Waals surface area contributed by atoms with Crippen LogP contribution in [0.25, 0.3) is 11.0 Å². The van der Waals surface area contributed by atoms with Crippen molar-refractivity contribution in [3.05, 3.63) is 92.5 Å². The van der Waals surface area contributed by atoms with E-state index in [1.165, 1.54) is 6.07 Å². The summed E-state index contributed by atoms with van der Waals surface area (Å²) in [5.41, 5.74) is 5.06. The maximum atomic E-state index is 12.3. The molecule has 11 heteroatoms. The van der Waals surface area contributed by atoms with Gasteiger partial charge in [0.2, 0.25) is 5.75 Å². The van der Waals surface area contributed by atoms with Crippen LogP contribution in [-0.4, -0.2) is 32.1 Å². The Morgan fingerprint density at radius 3 is 2.73 bits per heavy atom. The summed E-state index contributed by atoms with van der Waals surface area (Å²) in [4.78, 5) is 30.3. The number of carbonyl (C=O) groups excluding carboxylic acids is 1. The molecule has 0 saturated carbocycles. The average molecular weight is 482 g/mol. The Kier molecular flexibility index (Phi) is 6.57.